The summed E-state index contributed by atoms with van der Waals surface area (Å²) in [5.41, 5.74) is 0. The summed E-state index contributed by atoms with van der Waals surface area (Å²) < 4.78 is 48.9. The third-order valence-corrected chi connectivity index (χ3v) is 5.60. The van der Waals surface area contributed by atoms with Crippen molar-refractivity contribution < 1.29 is 27.1 Å². The van der Waals surface area contributed by atoms with Gasteiger partial charge in [0.2, 0.25) is 10.0 Å². The molecule has 0 aliphatic heterocycles. The number of hydrogen-bond acceptors (Lipinski definition) is 5. The molecule has 9 heteroatoms. The van der Waals surface area contributed by atoms with Crippen LogP contribution in [0.1, 0.15) is 6.92 Å². The molecule has 2 rings (SSSR count). The molecule has 1 amide bonds. The highest BCUT2D eigenvalue weighted by atomic mass is 32.2. The zero-order valence-corrected chi connectivity index (χ0v) is 16.7. The van der Waals surface area contributed by atoms with Gasteiger partial charge in [-0.25, -0.2) is 17.1 Å². The van der Waals surface area contributed by atoms with Gasteiger partial charge in [0.15, 0.2) is 6.10 Å². The summed E-state index contributed by atoms with van der Waals surface area (Å²) in [6, 6.07) is 11.4. The Bertz CT molecular complexity index is 884. The second kappa shape index (κ2) is 9.52. The fourth-order valence-corrected chi connectivity index (χ4v) is 3.08. The Labute approximate surface area is 164 Å². The van der Waals surface area contributed by atoms with Crippen LogP contribution in [-0.2, 0) is 14.8 Å². The number of sulfonamides is 1. The van der Waals surface area contributed by atoms with E-state index in [9.17, 15) is 17.6 Å². The summed E-state index contributed by atoms with van der Waals surface area (Å²) in [5, 5.41) is 2.67. The van der Waals surface area contributed by atoms with E-state index in [1.807, 2.05) is 0 Å². The Kier molecular flexibility index (Phi) is 7.36. The minimum absolute atomic E-state index is 0.171. The van der Waals surface area contributed by atoms with Gasteiger partial charge >= 0.3 is 0 Å². The fourth-order valence-electron chi connectivity index (χ4n) is 2.18. The molecular weight excluding hydrogens is 387 g/mol. The van der Waals surface area contributed by atoms with Gasteiger partial charge in [-0.1, -0.05) is 0 Å². The second-order valence-electron chi connectivity index (χ2n) is 6.11. The molecule has 0 saturated heterocycles. The summed E-state index contributed by atoms with van der Waals surface area (Å²) in [5.74, 6) is 0.171. The van der Waals surface area contributed by atoms with Crippen molar-refractivity contribution in [2.45, 2.75) is 17.9 Å². The molecule has 0 spiro atoms. The van der Waals surface area contributed by atoms with Crippen LogP contribution in [0.3, 0.4) is 0 Å². The lowest BCUT2D eigenvalue weighted by Gasteiger charge is -2.15. The number of rotatable bonds is 9. The minimum Gasteiger partial charge on any atom is -0.492 e. The summed E-state index contributed by atoms with van der Waals surface area (Å²) in [7, 11) is -0.559. The van der Waals surface area contributed by atoms with Crippen molar-refractivity contribution in [3.63, 3.8) is 0 Å². The lowest BCUT2D eigenvalue weighted by molar-refractivity contribution is -0.127. The first-order valence-corrected chi connectivity index (χ1v) is 9.99. The van der Waals surface area contributed by atoms with E-state index in [2.05, 4.69) is 5.32 Å². The third kappa shape index (κ3) is 5.93. The Morgan fingerprint density at radius 3 is 2.21 bits per heavy atom. The zero-order chi connectivity index (χ0) is 20.7. The number of nitrogens with one attached hydrogen (secondary N) is 1. The third-order valence-electron chi connectivity index (χ3n) is 3.77. The molecule has 28 heavy (non-hydrogen) atoms. The quantitative estimate of drug-likeness (QED) is 0.640. The number of halogens is 1. The van der Waals surface area contributed by atoms with Crippen molar-refractivity contribution >= 4 is 15.9 Å². The van der Waals surface area contributed by atoms with Crippen LogP contribution < -0.4 is 14.8 Å². The zero-order valence-electron chi connectivity index (χ0n) is 15.9. The van der Waals surface area contributed by atoms with Gasteiger partial charge < -0.3 is 14.8 Å². The van der Waals surface area contributed by atoms with Crippen LogP contribution in [0.4, 0.5) is 4.39 Å². The van der Waals surface area contributed by atoms with Gasteiger partial charge in [0.1, 0.15) is 23.9 Å². The van der Waals surface area contributed by atoms with Crippen molar-refractivity contribution in [3.8, 4) is 11.5 Å². The molecule has 0 radical (unpaired) electrons. The standard InChI is InChI=1S/C19H23FN2O5S/c1-14(27-17-6-4-15(20)5-7-17)19(23)21-12-13-26-16-8-10-18(11-9-16)28(24,25)22(2)3/h4-11,14H,12-13H2,1-3H3,(H,21,23)/t14-/m1/s1. The average molecular weight is 410 g/mol. The SMILES string of the molecule is C[C@@H](Oc1ccc(F)cc1)C(=O)NCCOc1ccc(S(=O)(=O)N(C)C)cc1. The Hall–Kier alpha value is -2.65. The minimum atomic E-state index is -3.48. The molecule has 7 nitrogen and oxygen atoms in total. The van der Waals surface area contributed by atoms with E-state index in [0.29, 0.717) is 11.5 Å². The average Bonchev–Trinajstić information content (AvgIpc) is 2.67. The van der Waals surface area contributed by atoms with Crippen LogP contribution in [0, 0.1) is 5.82 Å². The van der Waals surface area contributed by atoms with Gasteiger partial charge in [0.25, 0.3) is 5.91 Å². The molecule has 0 unspecified atom stereocenters. The second-order valence-corrected chi connectivity index (χ2v) is 8.26. The van der Waals surface area contributed by atoms with Gasteiger partial charge in [-0.2, -0.15) is 0 Å². The maximum atomic E-state index is 12.9. The van der Waals surface area contributed by atoms with E-state index in [0.717, 1.165) is 4.31 Å². The summed E-state index contributed by atoms with van der Waals surface area (Å²) in [4.78, 5) is 12.2. The Morgan fingerprint density at radius 1 is 1.07 bits per heavy atom. The molecule has 152 valence electrons. The molecule has 0 aliphatic rings. The topological polar surface area (TPSA) is 84.9 Å². The normalized spacial score (nSPS) is 12.5. The van der Waals surface area contributed by atoms with E-state index in [-0.39, 0.29) is 29.8 Å². The molecule has 0 fully saturated rings. The predicted molar refractivity (Wildman–Crippen MR) is 102 cm³/mol. The van der Waals surface area contributed by atoms with Crippen molar-refractivity contribution in [1.82, 2.24) is 9.62 Å². The van der Waals surface area contributed by atoms with Crippen LogP contribution in [0.5, 0.6) is 11.5 Å². The monoisotopic (exact) mass is 410 g/mol. The smallest absolute Gasteiger partial charge is 0.260 e. The first-order chi connectivity index (χ1) is 13.2. The van der Waals surface area contributed by atoms with E-state index >= 15 is 0 Å². The van der Waals surface area contributed by atoms with Crippen LogP contribution in [-0.4, -0.2) is 52.0 Å². The Balaban J connectivity index is 1.76. The van der Waals surface area contributed by atoms with Crippen molar-refractivity contribution in [2.75, 3.05) is 27.2 Å². The van der Waals surface area contributed by atoms with Gasteiger partial charge in [0, 0.05) is 14.1 Å². The van der Waals surface area contributed by atoms with Gasteiger partial charge in [0.05, 0.1) is 11.4 Å². The van der Waals surface area contributed by atoms with Gasteiger partial charge in [-0.05, 0) is 55.5 Å². The van der Waals surface area contributed by atoms with E-state index in [1.165, 1.54) is 50.5 Å². The summed E-state index contributed by atoms with van der Waals surface area (Å²) >= 11 is 0. The first kappa shape index (κ1) is 21.6. The molecule has 1 N–H and O–H groups in total. The molecule has 2 aromatic carbocycles. The molecule has 0 bridgehead atoms. The van der Waals surface area contributed by atoms with Gasteiger partial charge in [-0.3, -0.25) is 4.79 Å². The molecule has 0 heterocycles. The van der Waals surface area contributed by atoms with E-state index in [1.54, 1.807) is 19.1 Å². The number of carbonyl (C=O) groups is 1. The molecule has 0 saturated carbocycles. The highest BCUT2D eigenvalue weighted by Gasteiger charge is 2.17. The highest BCUT2D eigenvalue weighted by molar-refractivity contribution is 7.89. The molecule has 0 aromatic heterocycles. The lowest BCUT2D eigenvalue weighted by atomic mass is 10.3. The number of amides is 1. The van der Waals surface area contributed by atoms with Crippen molar-refractivity contribution in [3.05, 3.63) is 54.3 Å². The predicted octanol–water partition coefficient (Wildman–Crippen LogP) is 2.04. The number of benzene rings is 2. The molecule has 1 atom stereocenters. The number of carbonyl (C=O) groups excluding carboxylic acids is 1. The molecule has 0 aliphatic carbocycles. The lowest BCUT2D eigenvalue weighted by Crippen LogP contribution is -2.38. The maximum Gasteiger partial charge on any atom is 0.260 e. The Morgan fingerprint density at radius 2 is 1.64 bits per heavy atom. The van der Waals surface area contributed by atoms with Crippen LogP contribution in [0.25, 0.3) is 0 Å². The molecular formula is C19H23FN2O5S. The van der Waals surface area contributed by atoms with Crippen LogP contribution in [0.2, 0.25) is 0 Å². The van der Waals surface area contributed by atoms with Gasteiger partial charge in [-0.15, -0.1) is 0 Å². The summed E-state index contributed by atoms with van der Waals surface area (Å²) in [6.07, 6.45) is -0.749. The maximum absolute atomic E-state index is 12.9. The van der Waals surface area contributed by atoms with E-state index < -0.39 is 16.1 Å². The highest BCUT2D eigenvalue weighted by Crippen LogP contribution is 2.18. The van der Waals surface area contributed by atoms with Crippen LogP contribution >= 0.6 is 0 Å². The molecule has 2 aromatic rings. The fraction of sp³-hybridized carbons (Fsp3) is 0.316. The number of hydrogen-bond donors (Lipinski definition) is 1. The number of nitrogens with zero attached hydrogens (tertiary/aromatic N) is 1. The van der Waals surface area contributed by atoms with Crippen molar-refractivity contribution in [1.29, 1.82) is 0 Å². The summed E-state index contributed by atoms with van der Waals surface area (Å²) in [6.45, 7) is 2.03. The van der Waals surface area contributed by atoms with E-state index in [4.69, 9.17) is 9.47 Å². The van der Waals surface area contributed by atoms with Crippen LogP contribution in [0.15, 0.2) is 53.4 Å². The number of ether oxygens (including phenoxy) is 2. The first-order valence-electron chi connectivity index (χ1n) is 8.55. The largest absolute Gasteiger partial charge is 0.492 e. The van der Waals surface area contributed by atoms with Crippen molar-refractivity contribution in [2.24, 2.45) is 0 Å².